The molecule has 0 saturated carbocycles. The number of rotatable bonds is 7. The van der Waals surface area contributed by atoms with E-state index < -0.39 is 23.7 Å². The van der Waals surface area contributed by atoms with Crippen LogP contribution >= 0.6 is 0 Å². The Hall–Kier alpha value is -1.42. The van der Waals surface area contributed by atoms with Crippen LogP contribution in [0, 0.1) is 5.82 Å². The second-order valence-electron chi connectivity index (χ2n) is 4.54. The van der Waals surface area contributed by atoms with Crippen LogP contribution in [0.1, 0.15) is 38.2 Å². The zero-order valence-electron chi connectivity index (χ0n) is 10.7. The second-order valence-corrected chi connectivity index (χ2v) is 4.54. The number of primary amides is 1. The molecule has 18 heavy (non-hydrogen) atoms. The number of hydrogen-bond acceptors (Lipinski definition) is 2. The van der Waals surface area contributed by atoms with Gasteiger partial charge in [-0.2, -0.15) is 0 Å². The fourth-order valence-electron chi connectivity index (χ4n) is 2.16. The number of unbranched alkanes of at least 4 members (excludes halogenated alkanes) is 2. The number of benzene rings is 1. The van der Waals surface area contributed by atoms with E-state index in [4.69, 9.17) is 5.73 Å². The largest absolute Gasteiger partial charge is 0.395 e. The zero-order chi connectivity index (χ0) is 13.6. The average Bonchev–Trinajstić information content (AvgIpc) is 2.36. The second kappa shape index (κ2) is 6.50. The molecule has 100 valence electrons. The predicted molar refractivity (Wildman–Crippen MR) is 68.5 cm³/mol. The Kier molecular flexibility index (Phi) is 5.28. The Bertz CT molecular complexity index is 409. The van der Waals surface area contributed by atoms with E-state index >= 15 is 0 Å². The summed E-state index contributed by atoms with van der Waals surface area (Å²) in [6, 6.07) is 5.99. The van der Waals surface area contributed by atoms with Crippen molar-refractivity contribution in [2.45, 2.75) is 38.0 Å². The van der Waals surface area contributed by atoms with E-state index in [2.05, 4.69) is 0 Å². The topological polar surface area (TPSA) is 63.3 Å². The number of hydrogen-bond donors (Lipinski definition) is 2. The van der Waals surface area contributed by atoms with Crippen molar-refractivity contribution in [2.24, 2.45) is 5.73 Å². The van der Waals surface area contributed by atoms with Crippen LogP contribution in [0.5, 0.6) is 0 Å². The lowest BCUT2D eigenvalue weighted by Crippen LogP contribution is -2.45. The van der Waals surface area contributed by atoms with Gasteiger partial charge in [0.15, 0.2) is 0 Å². The summed E-state index contributed by atoms with van der Waals surface area (Å²) in [6.07, 6.45) is 3.00. The van der Waals surface area contributed by atoms with Gasteiger partial charge in [0.1, 0.15) is 5.82 Å². The van der Waals surface area contributed by atoms with Gasteiger partial charge in [0, 0.05) is 5.56 Å². The summed E-state index contributed by atoms with van der Waals surface area (Å²) < 4.78 is 13.8. The molecule has 0 saturated heterocycles. The number of carbonyl (C=O) groups excluding carboxylic acids is 1. The van der Waals surface area contributed by atoms with Crippen LogP contribution in [0.2, 0.25) is 0 Å². The van der Waals surface area contributed by atoms with Gasteiger partial charge in [-0.1, -0.05) is 44.4 Å². The summed E-state index contributed by atoms with van der Waals surface area (Å²) in [5, 5.41) is 9.56. The molecule has 0 bridgehead atoms. The molecular weight excluding hydrogens is 233 g/mol. The summed E-state index contributed by atoms with van der Waals surface area (Å²) in [7, 11) is 0. The molecule has 1 atom stereocenters. The maximum atomic E-state index is 13.8. The van der Waals surface area contributed by atoms with Gasteiger partial charge in [0.2, 0.25) is 5.91 Å². The van der Waals surface area contributed by atoms with Crippen molar-refractivity contribution in [3.63, 3.8) is 0 Å². The fourth-order valence-corrected chi connectivity index (χ4v) is 2.16. The number of carbonyl (C=O) groups is 1. The SMILES string of the molecule is CCCCCC(CO)(C(N)=O)c1ccccc1F. The molecule has 4 heteroatoms. The third kappa shape index (κ3) is 2.88. The number of aliphatic hydroxyl groups is 1. The van der Waals surface area contributed by atoms with Crippen molar-refractivity contribution >= 4 is 5.91 Å². The Morgan fingerprint density at radius 3 is 2.56 bits per heavy atom. The first-order valence-electron chi connectivity index (χ1n) is 6.24. The normalized spacial score (nSPS) is 14.2. The molecule has 1 rings (SSSR count). The van der Waals surface area contributed by atoms with E-state index in [0.717, 1.165) is 19.3 Å². The van der Waals surface area contributed by atoms with Crippen LogP contribution in [0.3, 0.4) is 0 Å². The number of nitrogens with two attached hydrogens (primary N) is 1. The first-order chi connectivity index (χ1) is 8.58. The molecule has 0 radical (unpaired) electrons. The molecule has 3 nitrogen and oxygen atoms in total. The molecule has 0 aliphatic rings. The van der Waals surface area contributed by atoms with Crippen LogP contribution in [0.25, 0.3) is 0 Å². The molecule has 0 aliphatic heterocycles. The summed E-state index contributed by atoms with van der Waals surface area (Å²) in [5.41, 5.74) is 4.29. The maximum Gasteiger partial charge on any atom is 0.230 e. The van der Waals surface area contributed by atoms with Crippen molar-refractivity contribution < 1.29 is 14.3 Å². The minimum atomic E-state index is -1.31. The first kappa shape index (κ1) is 14.6. The van der Waals surface area contributed by atoms with Gasteiger partial charge in [-0.25, -0.2) is 4.39 Å². The summed E-state index contributed by atoms with van der Waals surface area (Å²) >= 11 is 0. The Morgan fingerprint density at radius 2 is 2.06 bits per heavy atom. The van der Waals surface area contributed by atoms with Crippen LogP contribution in [-0.2, 0) is 10.2 Å². The summed E-state index contributed by atoms with van der Waals surface area (Å²) in [4.78, 5) is 11.7. The molecule has 0 spiro atoms. The van der Waals surface area contributed by atoms with Crippen LogP contribution in [-0.4, -0.2) is 17.6 Å². The minimum Gasteiger partial charge on any atom is -0.395 e. The number of aliphatic hydroxyl groups excluding tert-OH is 1. The first-order valence-corrected chi connectivity index (χ1v) is 6.24. The summed E-state index contributed by atoms with van der Waals surface area (Å²) in [5.74, 6) is -1.17. The Morgan fingerprint density at radius 1 is 1.39 bits per heavy atom. The molecule has 0 aliphatic carbocycles. The highest BCUT2D eigenvalue weighted by atomic mass is 19.1. The third-order valence-corrected chi connectivity index (χ3v) is 3.34. The van der Waals surface area contributed by atoms with E-state index in [1.54, 1.807) is 12.1 Å². The van der Waals surface area contributed by atoms with Gasteiger partial charge in [-0.15, -0.1) is 0 Å². The van der Waals surface area contributed by atoms with Crippen molar-refractivity contribution in [1.29, 1.82) is 0 Å². The molecule has 1 amide bonds. The maximum absolute atomic E-state index is 13.8. The number of amides is 1. The molecule has 1 aromatic carbocycles. The minimum absolute atomic E-state index is 0.191. The fraction of sp³-hybridized carbons (Fsp3) is 0.500. The zero-order valence-corrected chi connectivity index (χ0v) is 10.7. The highest BCUT2D eigenvalue weighted by Crippen LogP contribution is 2.31. The molecule has 3 N–H and O–H groups in total. The highest BCUT2D eigenvalue weighted by Gasteiger charge is 2.39. The van der Waals surface area contributed by atoms with E-state index in [9.17, 15) is 14.3 Å². The van der Waals surface area contributed by atoms with Crippen LogP contribution in [0.15, 0.2) is 24.3 Å². The molecule has 1 aromatic rings. The molecule has 1 unspecified atom stereocenters. The lowest BCUT2D eigenvalue weighted by Gasteiger charge is -2.29. The number of halogens is 1. The smallest absolute Gasteiger partial charge is 0.230 e. The van der Waals surface area contributed by atoms with Crippen molar-refractivity contribution in [1.82, 2.24) is 0 Å². The molecule has 0 fully saturated rings. The highest BCUT2D eigenvalue weighted by molar-refractivity contribution is 5.87. The van der Waals surface area contributed by atoms with Gasteiger partial charge < -0.3 is 10.8 Å². The van der Waals surface area contributed by atoms with Gasteiger partial charge in [-0.05, 0) is 12.5 Å². The van der Waals surface area contributed by atoms with Gasteiger partial charge in [0.05, 0.1) is 12.0 Å². The Labute approximate surface area is 107 Å². The van der Waals surface area contributed by atoms with Crippen LogP contribution in [0.4, 0.5) is 4.39 Å². The van der Waals surface area contributed by atoms with Gasteiger partial charge in [0.25, 0.3) is 0 Å². The average molecular weight is 253 g/mol. The van der Waals surface area contributed by atoms with Crippen molar-refractivity contribution in [3.8, 4) is 0 Å². The van der Waals surface area contributed by atoms with Crippen LogP contribution < -0.4 is 5.73 Å². The van der Waals surface area contributed by atoms with E-state index in [1.165, 1.54) is 12.1 Å². The quantitative estimate of drug-likeness (QED) is 0.731. The lowest BCUT2D eigenvalue weighted by molar-refractivity contribution is -0.125. The van der Waals surface area contributed by atoms with Crippen molar-refractivity contribution in [3.05, 3.63) is 35.6 Å². The van der Waals surface area contributed by atoms with Gasteiger partial charge >= 0.3 is 0 Å². The standard InChI is InChI=1S/C14H20FNO2/c1-2-3-6-9-14(10-17,13(16)18)11-7-4-5-8-12(11)15/h4-5,7-8,17H,2-3,6,9-10H2,1H3,(H2,16,18). The lowest BCUT2D eigenvalue weighted by atomic mass is 9.76. The molecule has 0 heterocycles. The molecule has 0 aromatic heterocycles. The van der Waals surface area contributed by atoms with E-state index in [0.29, 0.717) is 6.42 Å². The third-order valence-electron chi connectivity index (χ3n) is 3.34. The molecular formula is C14H20FNO2. The van der Waals surface area contributed by atoms with Gasteiger partial charge in [-0.3, -0.25) is 4.79 Å². The summed E-state index contributed by atoms with van der Waals surface area (Å²) in [6.45, 7) is 1.57. The predicted octanol–water partition coefficient (Wildman–Crippen LogP) is 2.12. The van der Waals surface area contributed by atoms with E-state index in [-0.39, 0.29) is 5.56 Å². The van der Waals surface area contributed by atoms with Crippen molar-refractivity contribution in [2.75, 3.05) is 6.61 Å². The van der Waals surface area contributed by atoms with E-state index in [1.807, 2.05) is 6.92 Å². The Balaban J connectivity index is 3.11. The monoisotopic (exact) mass is 253 g/mol.